The van der Waals surface area contributed by atoms with Crippen molar-refractivity contribution in [1.29, 1.82) is 0 Å². The van der Waals surface area contributed by atoms with Gasteiger partial charge in [-0.3, -0.25) is 4.79 Å². The molecule has 7 heteroatoms. The van der Waals surface area contributed by atoms with Gasteiger partial charge in [0.15, 0.2) is 0 Å². The van der Waals surface area contributed by atoms with E-state index in [4.69, 9.17) is 4.74 Å². The van der Waals surface area contributed by atoms with Crippen molar-refractivity contribution >= 4 is 23.3 Å². The van der Waals surface area contributed by atoms with Crippen LogP contribution in [0.3, 0.4) is 0 Å². The highest BCUT2D eigenvalue weighted by molar-refractivity contribution is 7.09. The summed E-state index contributed by atoms with van der Waals surface area (Å²) in [6.45, 7) is 4.47. The molecule has 0 saturated heterocycles. The molecule has 0 radical (unpaired) electrons. The Morgan fingerprint density at radius 2 is 2.26 bits per heavy atom. The lowest BCUT2D eigenvalue weighted by Gasteiger charge is -2.15. The summed E-state index contributed by atoms with van der Waals surface area (Å²) in [6, 6.07) is 0. The zero-order chi connectivity index (χ0) is 14.3. The molecule has 1 aromatic rings. The number of hydrogen-bond donors (Lipinski definition) is 1. The molecule has 0 spiro atoms. The second kappa shape index (κ2) is 7.73. The van der Waals surface area contributed by atoms with Crippen molar-refractivity contribution in [3.05, 3.63) is 16.1 Å². The van der Waals surface area contributed by atoms with Gasteiger partial charge in [0, 0.05) is 31.1 Å². The van der Waals surface area contributed by atoms with Gasteiger partial charge in [-0.15, -0.1) is 11.3 Å². The van der Waals surface area contributed by atoms with Gasteiger partial charge in [-0.05, 0) is 13.8 Å². The van der Waals surface area contributed by atoms with Gasteiger partial charge in [-0.25, -0.2) is 9.78 Å². The fraction of sp³-hybridized carbons (Fsp3) is 0.583. The summed E-state index contributed by atoms with van der Waals surface area (Å²) in [5, 5.41) is 5.72. The van der Waals surface area contributed by atoms with Crippen molar-refractivity contribution in [2.75, 3.05) is 26.7 Å². The maximum Gasteiger partial charge on any atom is 0.409 e. The van der Waals surface area contributed by atoms with Crippen LogP contribution in [0.1, 0.15) is 17.6 Å². The van der Waals surface area contributed by atoms with E-state index < -0.39 is 6.09 Å². The van der Waals surface area contributed by atoms with E-state index in [0.717, 1.165) is 10.7 Å². The van der Waals surface area contributed by atoms with Crippen molar-refractivity contribution in [3.63, 3.8) is 0 Å². The highest BCUT2D eigenvalue weighted by Gasteiger charge is 2.13. The summed E-state index contributed by atoms with van der Waals surface area (Å²) in [7, 11) is 1.53. The number of aryl methyl sites for hydroxylation is 1. The topological polar surface area (TPSA) is 71.5 Å². The van der Waals surface area contributed by atoms with E-state index in [9.17, 15) is 9.59 Å². The standard InChI is InChI=1S/C12H19N3O3S/c1-4-18-12(17)15(3)7-10(16)13-6-5-11-14-9(2)8-19-11/h8H,4-7H2,1-3H3,(H,13,16). The van der Waals surface area contributed by atoms with Gasteiger partial charge < -0.3 is 15.0 Å². The van der Waals surface area contributed by atoms with E-state index >= 15 is 0 Å². The van der Waals surface area contributed by atoms with Gasteiger partial charge in [0.2, 0.25) is 5.91 Å². The van der Waals surface area contributed by atoms with Crippen LogP contribution in [0.25, 0.3) is 0 Å². The van der Waals surface area contributed by atoms with Crippen molar-refractivity contribution in [1.82, 2.24) is 15.2 Å². The normalized spacial score (nSPS) is 10.1. The summed E-state index contributed by atoms with van der Waals surface area (Å²) in [5.41, 5.74) is 0.994. The Bertz CT molecular complexity index is 434. The van der Waals surface area contributed by atoms with Crippen LogP contribution in [0.4, 0.5) is 4.79 Å². The first kappa shape index (κ1) is 15.4. The third-order valence-electron chi connectivity index (χ3n) is 2.29. The van der Waals surface area contributed by atoms with Crippen LogP contribution in [-0.4, -0.2) is 48.6 Å². The number of ether oxygens (including phenoxy) is 1. The minimum atomic E-state index is -0.492. The average Bonchev–Trinajstić information content (AvgIpc) is 2.75. The molecule has 1 aromatic heterocycles. The van der Waals surface area contributed by atoms with E-state index in [-0.39, 0.29) is 12.5 Å². The van der Waals surface area contributed by atoms with Crippen molar-refractivity contribution in [3.8, 4) is 0 Å². The Morgan fingerprint density at radius 3 is 2.84 bits per heavy atom. The molecule has 1 N–H and O–H groups in total. The molecule has 0 atom stereocenters. The number of nitrogens with zero attached hydrogens (tertiary/aromatic N) is 2. The lowest BCUT2D eigenvalue weighted by atomic mass is 10.4. The van der Waals surface area contributed by atoms with Crippen LogP contribution in [0, 0.1) is 6.92 Å². The van der Waals surface area contributed by atoms with Gasteiger partial charge in [0.1, 0.15) is 6.54 Å². The Hall–Kier alpha value is -1.63. The molecule has 19 heavy (non-hydrogen) atoms. The average molecular weight is 285 g/mol. The highest BCUT2D eigenvalue weighted by atomic mass is 32.1. The van der Waals surface area contributed by atoms with Crippen LogP contribution in [-0.2, 0) is 16.0 Å². The molecule has 106 valence electrons. The molecule has 0 fully saturated rings. The van der Waals surface area contributed by atoms with E-state index in [1.165, 1.54) is 11.9 Å². The number of thiazole rings is 1. The number of hydrogen-bond acceptors (Lipinski definition) is 5. The number of rotatable bonds is 6. The molecule has 0 aliphatic heterocycles. The zero-order valence-corrected chi connectivity index (χ0v) is 12.2. The Kier molecular flexibility index (Phi) is 6.27. The second-order valence-corrected chi connectivity index (χ2v) is 4.98. The second-order valence-electron chi connectivity index (χ2n) is 4.04. The molecule has 0 unspecified atom stereocenters. The number of nitrogens with one attached hydrogen (secondary N) is 1. The fourth-order valence-electron chi connectivity index (χ4n) is 1.40. The summed E-state index contributed by atoms with van der Waals surface area (Å²) >= 11 is 1.58. The van der Waals surface area contributed by atoms with Crippen LogP contribution < -0.4 is 5.32 Å². The van der Waals surface area contributed by atoms with E-state index in [0.29, 0.717) is 19.6 Å². The maximum absolute atomic E-state index is 11.6. The third-order valence-corrected chi connectivity index (χ3v) is 3.31. The molecule has 0 aliphatic rings. The summed E-state index contributed by atoms with van der Waals surface area (Å²) in [5.74, 6) is -0.205. The predicted molar refractivity (Wildman–Crippen MR) is 73.2 cm³/mol. The quantitative estimate of drug-likeness (QED) is 0.852. The van der Waals surface area contributed by atoms with Gasteiger partial charge in [-0.2, -0.15) is 0 Å². The van der Waals surface area contributed by atoms with E-state index in [1.807, 2.05) is 12.3 Å². The predicted octanol–water partition coefficient (Wildman–Crippen LogP) is 1.20. The minimum Gasteiger partial charge on any atom is -0.450 e. The molecule has 1 heterocycles. The van der Waals surface area contributed by atoms with Crippen LogP contribution in [0.2, 0.25) is 0 Å². The Balaban J connectivity index is 2.22. The first-order valence-corrected chi connectivity index (χ1v) is 6.96. The van der Waals surface area contributed by atoms with E-state index in [1.54, 1.807) is 18.3 Å². The monoisotopic (exact) mass is 285 g/mol. The first-order chi connectivity index (χ1) is 9.02. The van der Waals surface area contributed by atoms with Crippen LogP contribution in [0.15, 0.2) is 5.38 Å². The summed E-state index contributed by atoms with van der Waals surface area (Å²) in [4.78, 5) is 28.4. The van der Waals surface area contributed by atoms with Gasteiger partial charge in [-0.1, -0.05) is 0 Å². The Labute approximate surface area is 116 Å². The fourth-order valence-corrected chi connectivity index (χ4v) is 2.17. The molecular formula is C12H19N3O3S. The van der Waals surface area contributed by atoms with Gasteiger partial charge >= 0.3 is 6.09 Å². The molecule has 6 nitrogen and oxygen atoms in total. The molecule has 0 bridgehead atoms. The minimum absolute atomic E-state index is 0.00424. The largest absolute Gasteiger partial charge is 0.450 e. The smallest absolute Gasteiger partial charge is 0.409 e. The van der Waals surface area contributed by atoms with Crippen molar-refractivity contribution in [2.45, 2.75) is 20.3 Å². The number of likely N-dealkylation sites (N-methyl/N-ethyl adjacent to an activating group) is 1. The van der Waals surface area contributed by atoms with Crippen molar-refractivity contribution in [2.24, 2.45) is 0 Å². The Morgan fingerprint density at radius 1 is 1.53 bits per heavy atom. The number of carbonyl (C=O) groups excluding carboxylic acids is 2. The molecule has 2 amide bonds. The van der Waals surface area contributed by atoms with Gasteiger partial charge in [0.05, 0.1) is 11.6 Å². The summed E-state index contributed by atoms with van der Waals surface area (Å²) < 4.78 is 4.78. The van der Waals surface area contributed by atoms with Gasteiger partial charge in [0.25, 0.3) is 0 Å². The van der Waals surface area contributed by atoms with Crippen LogP contribution in [0.5, 0.6) is 0 Å². The lowest BCUT2D eigenvalue weighted by Crippen LogP contribution is -2.39. The van der Waals surface area contributed by atoms with Crippen LogP contribution >= 0.6 is 11.3 Å². The molecule has 0 saturated carbocycles. The molecule has 1 rings (SSSR count). The molecule has 0 aliphatic carbocycles. The zero-order valence-electron chi connectivity index (χ0n) is 11.4. The number of carbonyl (C=O) groups is 2. The highest BCUT2D eigenvalue weighted by Crippen LogP contribution is 2.08. The summed E-state index contributed by atoms with van der Waals surface area (Å²) in [6.07, 6.45) is 0.209. The maximum atomic E-state index is 11.6. The SMILES string of the molecule is CCOC(=O)N(C)CC(=O)NCCc1nc(C)cs1. The van der Waals surface area contributed by atoms with Crippen molar-refractivity contribution < 1.29 is 14.3 Å². The number of aromatic nitrogens is 1. The first-order valence-electron chi connectivity index (χ1n) is 6.08. The van der Waals surface area contributed by atoms with E-state index in [2.05, 4.69) is 10.3 Å². The lowest BCUT2D eigenvalue weighted by molar-refractivity contribution is -0.121. The number of amides is 2. The molecular weight excluding hydrogens is 266 g/mol. The third kappa shape index (κ3) is 5.69. The molecule has 0 aromatic carbocycles.